The van der Waals surface area contributed by atoms with Crippen LogP contribution < -0.4 is 11.1 Å². The van der Waals surface area contributed by atoms with Gasteiger partial charge in [-0.15, -0.1) is 0 Å². The number of rotatable bonds is 2. The van der Waals surface area contributed by atoms with Crippen LogP contribution in [0.2, 0.25) is 0 Å². The van der Waals surface area contributed by atoms with Crippen LogP contribution in [0.5, 0.6) is 5.75 Å². The molecule has 4 N–H and O–H groups in total. The number of nitrogens with two attached hydrogens (primary N) is 1. The number of phenolic OH excluding ortho intramolecular Hbond substituents is 1. The van der Waals surface area contributed by atoms with Crippen molar-refractivity contribution in [1.29, 1.82) is 0 Å². The van der Waals surface area contributed by atoms with Crippen molar-refractivity contribution in [1.82, 2.24) is 0 Å². The number of anilines is 1. The number of fused-ring (bicyclic) bond motifs is 1. The molecule has 0 spiro atoms. The minimum atomic E-state index is -0.0787. The van der Waals surface area contributed by atoms with Gasteiger partial charge in [-0.1, -0.05) is 0 Å². The number of hydrogen-bond donors (Lipinski definition) is 3. The van der Waals surface area contributed by atoms with E-state index < -0.39 is 0 Å². The van der Waals surface area contributed by atoms with Gasteiger partial charge in [-0.3, -0.25) is 4.79 Å². The lowest BCUT2D eigenvalue weighted by Gasteiger charge is -2.07. The third kappa shape index (κ3) is 1.24. The van der Waals surface area contributed by atoms with E-state index in [0.29, 0.717) is 11.3 Å². The molecule has 0 radical (unpaired) electrons. The van der Waals surface area contributed by atoms with Gasteiger partial charge in [0.2, 0.25) is 0 Å². The standard InChI is InChI=1S/C10H12N2O2/c11-5-9(14)6-1-2-8(13)10-7(6)3-4-12-10/h1-2,12-13H,3-5,11H2. The minimum absolute atomic E-state index is 0.0111. The van der Waals surface area contributed by atoms with Crippen molar-refractivity contribution in [3.63, 3.8) is 0 Å². The summed E-state index contributed by atoms with van der Waals surface area (Å²) in [7, 11) is 0. The molecule has 0 atom stereocenters. The maximum Gasteiger partial charge on any atom is 0.176 e. The van der Waals surface area contributed by atoms with Crippen LogP contribution in [0.15, 0.2) is 12.1 Å². The number of benzene rings is 1. The number of nitrogens with one attached hydrogen (secondary N) is 1. The lowest BCUT2D eigenvalue weighted by Crippen LogP contribution is -2.15. The van der Waals surface area contributed by atoms with Crippen molar-refractivity contribution in [3.8, 4) is 5.75 Å². The third-order valence-electron chi connectivity index (χ3n) is 2.45. The van der Waals surface area contributed by atoms with E-state index in [4.69, 9.17) is 5.73 Å². The molecule has 14 heavy (non-hydrogen) atoms. The molecule has 4 heteroatoms. The van der Waals surface area contributed by atoms with Gasteiger partial charge in [0.05, 0.1) is 12.2 Å². The summed E-state index contributed by atoms with van der Waals surface area (Å²) in [4.78, 5) is 11.5. The van der Waals surface area contributed by atoms with Gasteiger partial charge in [0.25, 0.3) is 0 Å². The molecular weight excluding hydrogens is 180 g/mol. The zero-order valence-electron chi connectivity index (χ0n) is 7.71. The molecule has 0 saturated heterocycles. The van der Waals surface area contributed by atoms with Crippen LogP contribution in [0.3, 0.4) is 0 Å². The molecule has 4 nitrogen and oxygen atoms in total. The van der Waals surface area contributed by atoms with Crippen LogP contribution in [-0.2, 0) is 6.42 Å². The van der Waals surface area contributed by atoms with Gasteiger partial charge < -0.3 is 16.2 Å². The zero-order valence-corrected chi connectivity index (χ0v) is 7.71. The first-order chi connectivity index (χ1) is 6.74. The number of Topliss-reactive ketones (excluding diaryl/α,β-unsaturated/α-hetero) is 1. The van der Waals surface area contributed by atoms with Crippen LogP contribution in [0.4, 0.5) is 5.69 Å². The zero-order chi connectivity index (χ0) is 10.1. The van der Waals surface area contributed by atoms with Crippen molar-refractivity contribution >= 4 is 11.5 Å². The van der Waals surface area contributed by atoms with E-state index in [1.165, 1.54) is 6.07 Å². The average molecular weight is 192 g/mol. The molecular formula is C10H12N2O2. The molecule has 0 bridgehead atoms. The fraction of sp³-hybridized carbons (Fsp3) is 0.300. The monoisotopic (exact) mass is 192 g/mol. The van der Waals surface area contributed by atoms with E-state index in [1.807, 2.05) is 0 Å². The van der Waals surface area contributed by atoms with Crippen molar-refractivity contribution in [3.05, 3.63) is 23.3 Å². The molecule has 1 aliphatic rings. The Hall–Kier alpha value is -1.55. The van der Waals surface area contributed by atoms with Crippen molar-refractivity contribution in [2.45, 2.75) is 6.42 Å². The Morgan fingerprint density at radius 2 is 2.36 bits per heavy atom. The van der Waals surface area contributed by atoms with Crippen molar-refractivity contribution in [2.24, 2.45) is 5.73 Å². The Morgan fingerprint density at radius 1 is 1.57 bits per heavy atom. The van der Waals surface area contributed by atoms with Crippen LogP contribution in [-0.4, -0.2) is 24.0 Å². The van der Waals surface area contributed by atoms with E-state index in [1.54, 1.807) is 6.07 Å². The first-order valence-corrected chi connectivity index (χ1v) is 4.56. The number of aromatic hydroxyl groups is 1. The first kappa shape index (κ1) is 9.02. The number of carbonyl (C=O) groups is 1. The molecule has 0 aliphatic carbocycles. The second-order valence-electron chi connectivity index (χ2n) is 3.29. The van der Waals surface area contributed by atoms with Gasteiger partial charge in [0.1, 0.15) is 5.75 Å². The Bertz CT molecular complexity index is 388. The number of phenols is 1. The summed E-state index contributed by atoms with van der Waals surface area (Å²) < 4.78 is 0. The molecule has 74 valence electrons. The number of ketones is 1. The highest BCUT2D eigenvalue weighted by Crippen LogP contribution is 2.34. The van der Waals surface area contributed by atoms with E-state index >= 15 is 0 Å². The summed E-state index contributed by atoms with van der Waals surface area (Å²) >= 11 is 0. The lowest BCUT2D eigenvalue weighted by molar-refractivity contribution is 0.100. The molecule has 0 aromatic heterocycles. The summed E-state index contributed by atoms with van der Waals surface area (Å²) in [6, 6.07) is 3.16. The molecule has 1 aromatic rings. The Labute approximate surface area is 81.7 Å². The average Bonchev–Trinajstić information content (AvgIpc) is 2.67. The molecule has 0 unspecified atom stereocenters. The Balaban J connectivity index is 2.53. The summed E-state index contributed by atoms with van der Waals surface area (Å²) in [5.41, 5.74) is 7.51. The highest BCUT2D eigenvalue weighted by molar-refractivity contribution is 6.01. The van der Waals surface area contributed by atoms with Crippen molar-refractivity contribution < 1.29 is 9.90 Å². The molecule has 2 rings (SSSR count). The second-order valence-corrected chi connectivity index (χ2v) is 3.29. The van der Waals surface area contributed by atoms with Crippen molar-refractivity contribution in [2.75, 3.05) is 18.4 Å². The normalized spacial score (nSPS) is 13.5. The summed E-state index contributed by atoms with van der Waals surface area (Å²) in [5, 5.41) is 12.5. The second kappa shape index (κ2) is 3.31. The largest absolute Gasteiger partial charge is 0.506 e. The maximum atomic E-state index is 11.5. The Kier molecular flexibility index (Phi) is 2.13. The fourth-order valence-electron chi connectivity index (χ4n) is 1.78. The summed E-state index contributed by atoms with van der Waals surface area (Å²) in [6.45, 7) is 0.773. The lowest BCUT2D eigenvalue weighted by atomic mass is 10.0. The van der Waals surface area contributed by atoms with Crippen LogP contribution >= 0.6 is 0 Å². The quantitative estimate of drug-likeness (QED) is 0.471. The maximum absolute atomic E-state index is 11.5. The molecule has 1 aromatic carbocycles. The van der Waals surface area contributed by atoms with Gasteiger partial charge in [0.15, 0.2) is 5.78 Å². The van der Waals surface area contributed by atoms with Crippen LogP contribution in [0.1, 0.15) is 15.9 Å². The fourth-order valence-corrected chi connectivity index (χ4v) is 1.78. The molecule has 0 amide bonds. The van der Waals surface area contributed by atoms with Gasteiger partial charge in [0, 0.05) is 12.1 Å². The number of hydrogen-bond acceptors (Lipinski definition) is 4. The Morgan fingerprint density at radius 3 is 3.07 bits per heavy atom. The highest BCUT2D eigenvalue weighted by Gasteiger charge is 2.20. The SMILES string of the molecule is NCC(=O)c1ccc(O)c2c1CCN2. The predicted octanol–water partition coefficient (Wildman–Crippen LogP) is 0.502. The van der Waals surface area contributed by atoms with E-state index in [2.05, 4.69) is 5.32 Å². The van der Waals surface area contributed by atoms with Gasteiger partial charge in [-0.25, -0.2) is 0 Å². The van der Waals surface area contributed by atoms with Gasteiger partial charge >= 0.3 is 0 Å². The van der Waals surface area contributed by atoms with Crippen LogP contribution in [0, 0.1) is 0 Å². The predicted molar refractivity (Wildman–Crippen MR) is 53.7 cm³/mol. The van der Waals surface area contributed by atoms with Gasteiger partial charge in [-0.2, -0.15) is 0 Å². The third-order valence-corrected chi connectivity index (χ3v) is 2.45. The molecule has 0 fully saturated rings. The smallest absolute Gasteiger partial charge is 0.176 e. The topological polar surface area (TPSA) is 75.4 Å². The highest BCUT2D eigenvalue weighted by atomic mass is 16.3. The van der Waals surface area contributed by atoms with Gasteiger partial charge in [-0.05, 0) is 24.1 Å². The molecule has 0 saturated carbocycles. The summed E-state index contributed by atoms with van der Waals surface area (Å²) in [5.74, 6) is 0.121. The van der Waals surface area contributed by atoms with Crippen LogP contribution in [0.25, 0.3) is 0 Å². The van der Waals surface area contributed by atoms with E-state index in [9.17, 15) is 9.90 Å². The first-order valence-electron chi connectivity index (χ1n) is 4.56. The number of carbonyl (C=O) groups excluding carboxylic acids is 1. The minimum Gasteiger partial charge on any atom is -0.506 e. The molecule has 1 heterocycles. The molecule has 1 aliphatic heterocycles. The van der Waals surface area contributed by atoms with E-state index in [-0.39, 0.29) is 18.1 Å². The summed E-state index contributed by atoms with van der Waals surface area (Å²) in [6.07, 6.45) is 0.769. The van der Waals surface area contributed by atoms with E-state index in [0.717, 1.165) is 18.5 Å².